The summed E-state index contributed by atoms with van der Waals surface area (Å²) >= 11 is 0. The van der Waals surface area contributed by atoms with Crippen molar-refractivity contribution in [2.75, 3.05) is 57.4 Å². The Morgan fingerprint density at radius 2 is 1.89 bits per heavy atom. The summed E-state index contributed by atoms with van der Waals surface area (Å²) in [5.41, 5.74) is 1.07. The van der Waals surface area contributed by atoms with Crippen LogP contribution in [0.5, 0.6) is 0 Å². The maximum atomic E-state index is 11.5. The minimum Gasteiger partial charge on any atom is -0.396 e. The molecule has 1 fully saturated rings. The Balaban J connectivity index is 0.00000364. The van der Waals surface area contributed by atoms with E-state index in [4.69, 9.17) is 0 Å². The molecule has 7 nitrogen and oxygen atoms in total. The number of nitrogens with one attached hydrogen (secondary N) is 2. The van der Waals surface area contributed by atoms with E-state index in [0.717, 1.165) is 18.7 Å². The third-order valence-corrected chi connectivity index (χ3v) is 6.07. The molecule has 1 unspecified atom stereocenters. The molecule has 0 aromatic heterocycles. The molecule has 0 amide bonds. The van der Waals surface area contributed by atoms with E-state index in [2.05, 4.69) is 20.5 Å². The van der Waals surface area contributed by atoms with Crippen LogP contribution in [0.15, 0.2) is 35.3 Å². The van der Waals surface area contributed by atoms with Gasteiger partial charge in [0, 0.05) is 38.6 Å². The first kappa shape index (κ1) is 24.1. The number of hydrogen-bond donors (Lipinski definition) is 3. The van der Waals surface area contributed by atoms with Gasteiger partial charge in [0.25, 0.3) is 0 Å². The number of sulfone groups is 1. The molecule has 1 heterocycles. The zero-order valence-corrected chi connectivity index (χ0v) is 18.9. The quantitative estimate of drug-likeness (QED) is 0.271. The Morgan fingerprint density at radius 1 is 1.22 bits per heavy atom. The van der Waals surface area contributed by atoms with E-state index in [1.807, 2.05) is 37.3 Å². The first-order chi connectivity index (χ1) is 12.5. The minimum absolute atomic E-state index is 0. The molecule has 27 heavy (non-hydrogen) atoms. The third-order valence-electron chi connectivity index (χ3n) is 4.46. The summed E-state index contributed by atoms with van der Waals surface area (Å²) in [5.74, 6) is 1.18. The molecule has 1 saturated heterocycles. The molecule has 0 radical (unpaired) electrons. The highest BCUT2D eigenvalue weighted by molar-refractivity contribution is 14.0. The first-order valence-corrected chi connectivity index (χ1v) is 11.0. The van der Waals surface area contributed by atoms with Crippen molar-refractivity contribution in [1.29, 1.82) is 0 Å². The van der Waals surface area contributed by atoms with Gasteiger partial charge in [-0.25, -0.2) is 8.42 Å². The monoisotopic (exact) mass is 510 g/mol. The molecule has 0 bridgehead atoms. The molecule has 0 spiro atoms. The van der Waals surface area contributed by atoms with Crippen LogP contribution in [0.4, 0.5) is 0 Å². The number of guanidine groups is 1. The maximum absolute atomic E-state index is 11.5. The van der Waals surface area contributed by atoms with Crippen molar-refractivity contribution in [3.8, 4) is 0 Å². The molecule has 1 aliphatic rings. The number of aliphatic hydroxyl groups excluding tert-OH is 1. The highest BCUT2D eigenvalue weighted by atomic mass is 127. The lowest BCUT2D eigenvalue weighted by Gasteiger charge is -2.26. The lowest BCUT2D eigenvalue weighted by atomic mass is 10.0. The van der Waals surface area contributed by atoms with Crippen LogP contribution in [0.3, 0.4) is 0 Å². The first-order valence-electron chi connectivity index (χ1n) is 9.15. The molecule has 3 N–H and O–H groups in total. The number of rotatable bonds is 8. The fourth-order valence-electron chi connectivity index (χ4n) is 2.84. The van der Waals surface area contributed by atoms with Crippen LogP contribution >= 0.6 is 24.0 Å². The summed E-state index contributed by atoms with van der Waals surface area (Å²) < 4.78 is 22.9. The van der Waals surface area contributed by atoms with Gasteiger partial charge in [-0.2, -0.15) is 0 Å². The van der Waals surface area contributed by atoms with E-state index < -0.39 is 9.84 Å². The van der Waals surface area contributed by atoms with Gasteiger partial charge in [0.1, 0.15) is 0 Å². The van der Waals surface area contributed by atoms with Gasteiger partial charge < -0.3 is 15.7 Å². The van der Waals surface area contributed by atoms with Crippen LogP contribution < -0.4 is 10.6 Å². The van der Waals surface area contributed by atoms with E-state index >= 15 is 0 Å². The van der Waals surface area contributed by atoms with Gasteiger partial charge in [0.15, 0.2) is 15.8 Å². The van der Waals surface area contributed by atoms with Crippen LogP contribution in [0.1, 0.15) is 18.4 Å². The molecule has 0 aliphatic carbocycles. The molecule has 1 aromatic carbocycles. The van der Waals surface area contributed by atoms with Gasteiger partial charge in [-0.3, -0.25) is 9.89 Å². The lowest BCUT2D eigenvalue weighted by Crippen LogP contribution is -2.46. The van der Waals surface area contributed by atoms with Crippen molar-refractivity contribution in [2.45, 2.75) is 12.8 Å². The van der Waals surface area contributed by atoms with E-state index in [0.29, 0.717) is 32.1 Å². The van der Waals surface area contributed by atoms with Crippen LogP contribution in [0.2, 0.25) is 0 Å². The molecule has 9 heteroatoms. The van der Waals surface area contributed by atoms with Crippen molar-refractivity contribution < 1.29 is 13.5 Å². The Morgan fingerprint density at radius 3 is 2.48 bits per heavy atom. The zero-order chi connectivity index (χ0) is 18.8. The predicted octanol–water partition coefficient (Wildman–Crippen LogP) is 0.666. The molecular formula is C18H31IN4O3S. The van der Waals surface area contributed by atoms with Gasteiger partial charge in [-0.05, 0) is 12.5 Å². The van der Waals surface area contributed by atoms with E-state index in [1.165, 1.54) is 0 Å². The topological polar surface area (TPSA) is 94.0 Å². The van der Waals surface area contributed by atoms with Gasteiger partial charge in [0.2, 0.25) is 0 Å². The standard InChI is InChI=1S/C18H30N4O3S.HI/c1-2-19-18(20-8-9-22-10-12-26(24,25)13-11-22)21-14-17(15-23)16-6-4-3-5-7-16;/h3-7,17,23H,2,8-15H2,1H3,(H2,19,20,21);1H. The number of halogens is 1. The van der Waals surface area contributed by atoms with Gasteiger partial charge in [-0.15, -0.1) is 24.0 Å². The SMILES string of the molecule is CCNC(=NCC(CO)c1ccccc1)NCCN1CCS(=O)(=O)CC1.I. The van der Waals surface area contributed by atoms with Gasteiger partial charge in [0.05, 0.1) is 24.7 Å². The fourth-order valence-corrected chi connectivity index (χ4v) is 4.12. The smallest absolute Gasteiger partial charge is 0.191 e. The second kappa shape index (κ2) is 12.5. The number of aliphatic hydroxyl groups is 1. The number of nitrogens with zero attached hydrogens (tertiary/aromatic N) is 2. The van der Waals surface area contributed by atoms with E-state index in [9.17, 15) is 13.5 Å². The minimum atomic E-state index is -2.83. The molecule has 1 aliphatic heterocycles. The predicted molar refractivity (Wildman–Crippen MR) is 121 cm³/mol. The van der Waals surface area contributed by atoms with Crippen LogP contribution in [0.25, 0.3) is 0 Å². The molecule has 0 saturated carbocycles. The molecule has 1 aromatic rings. The largest absolute Gasteiger partial charge is 0.396 e. The second-order valence-electron chi connectivity index (χ2n) is 6.43. The van der Waals surface area contributed by atoms with Crippen molar-refractivity contribution in [1.82, 2.24) is 15.5 Å². The van der Waals surface area contributed by atoms with Gasteiger partial charge >= 0.3 is 0 Å². The van der Waals surface area contributed by atoms with Gasteiger partial charge in [-0.1, -0.05) is 30.3 Å². The van der Waals surface area contributed by atoms with Crippen molar-refractivity contribution in [2.24, 2.45) is 4.99 Å². The molecular weight excluding hydrogens is 479 g/mol. The highest BCUT2D eigenvalue weighted by Gasteiger charge is 2.21. The summed E-state index contributed by atoms with van der Waals surface area (Å²) in [5, 5.41) is 16.1. The number of aliphatic imine (C=N–C) groups is 1. The summed E-state index contributed by atoms with van der Waals surface area (Å²) in [4.78, 5) is 6.74. The molecule has 154 valence electrons. The van der Waals surface area contributed by atoms with Crippen LogP contribution in [-0.2, 0) is 9.84 Å². The Labute approximate surface area is 179 Å². The Hall–Kier alpha value is -0.910. The summed E-state index contributed by atoms with van der Waals surface area (Å²) in [6.45, 7) is 5.98. The summed E-state index contributed by atoms with van der Waals surface area (Å²) in [6, 6.07) is 9.88. The summed E-state index contributed by atoms with van der Waals surface area (Å²) in [7, 11) is -2.83. The number of benzene rings is 1. The maximum Gasteiger partial charge on any atom is 0.191 e. The highest BCUT2D eigenvalue weighted by Crippen LogP contribution is 2.14. The van der Waals surface area contributed by atoms with Crippen molar-refractivity contribution in [3.05, 3.63) is 35.9 Å². The lowest BCUT2D eigenvalue weighted by molar-refractivity contribution is 0.268. The Bertz CT molecular complexity index is 656. The summed E-state index contributed by atoms with van der Waals surface area (Å²) in [6.07, 6.45) is 0. The molecule has 2 rings (SSSR count). The molecule has 1 atom stereocenters. The van der Waals surface area contributed by atoms with Crippen LogP contribution in [0, 0.1) is 0 Å². The zero-order valence-electron chi connectivity index (χ0n) is 15.8. The average molecular weight is 510 g/mol. The Kier molecular flexibility index (Phi) is 11.2. The third kappa shape index (κ3) is 8.75. The van der Waals surface area contributed by atoms with Crippen molar-refractivity contribution >= 4 is 39.8 Å². The van der Waals surface area contributed by atoms with Crippen molar-refractivity contribution in [3.63, 3.8) is 0 Å². The second-order valence-corrected chi connectivity index (χ2v) is 8.73. The number of hydrogen-bond acceptors (Lipinski definition) is 5. The fraction of sp³-hybridized carbons (Fsp3) is 0.611. The normalized spacial score (nSPS) is 18.4. The average Bonchev–Trinajstić information content (AvgIpc) is 2.64. The van der Waals surface area contributed by atoms with Crippen LogP contribution in [-0.4, -0.2) is 81.8 Å². The van der Waals surface area contributed by atoms with E-state index in [1.54, 1.807) is 0 Å². The van der Waals surface area contributed by atoms with E-state index in [-0.39, 0.29) is 48.0 Å².